The highest BCUT2D eigenvalue weighted by Crippen LogP contribution is 2.22. The summed E-state index contributed by atoms with van der Waals surface area (Å²) in [5.41, 5.74) is 0. The van der Waals surface area contributed by atoms with Gasteiger partial charge in [0.15, 0.2) is 11.6 Å². The van der Waals surface area contributed by atoms with Crippen molar-refractivity contribution in [2.24, 2.45) is 0 Å². The van der Waals surface area contributed by atoms with Gasteiger partial charge < -0.3 is 14.2 Å². The number of furan rings is 1. The van der Waals surface area contributed by atoms with Crippen molar-refractivity contribution in [3.63, 3.8) is 0 Å². The summed E-state index contributed by atoms with van der Waals surface area (Å²) in [7, 11) is 2.03. The Bertz CT molecular complexity index is 933. The minimum Gasteiger partial charge on any atom is -0.454 e. The number of carbonyl (C=O) groups is 1. The number of amides is 1. The van der Waals surface area contributed by atoms with E-state index in [2.05, 4.69) is 36.1 Å². The fourth-order valence-electron chi connectivity index (χ4n) is 3.44. The molecule has 8 nitrogen and oxygen atoms in total. The third-order valence-corrected chi connectivity index (χ3v) is 5.42. The summed E-state index contributed by atoms with van der Waals surface area (Å²) in [6, 6.07) is 7.75. The number of anilines is 1. The number of halogens is 1. The molecule has 0 bridgehead atoms. The van der Waals surface area contributed by atoms with Crippen LogP contribution in [0.15, 0.2) is 51.7 Å². The first-order valence-corrected chi connectivity index (χ1v) is 9.96. The van der Waals surface area contributed by atoms with Crippen LogP contribution in [0.2, 0.25) is 0 Å². The molecule has 4 heterocycles. The molecule has 0 aliphatic carbocycles. The molecule has 3 aromatic heterocycles. The highest BCUT2D eigenvalue weighted by Gasteiger charge is 2.28. The van der Waals surface area contributed by atoms with E-state index in [9.17, 15) is 4.79 Å². The third kappa shape index (κ3) is 4.09. The second-order valence-corrected chi connectivity index (χ2v) is 7.75. The van der Waals surface area contributed by atoms with Crippen molar-refractivity contribution in [3.05, 3.63) is 58.8 Å². The maximum atomic E-state index is 12.8. The van der Waals surface area contributed by atoms with Crippen LogP contribution in [-0.2, 0) is 6.54 Å². The predicted molar refractivity (Wildman–Crippen MR) is 107 cm³/mol. The number of hydrogen-bond acceptors (Lipinski definition) is 6. The van der Waals surface area contributed by atoms with Gasteiger partial charge in [0.1, 0.15) is 5.76 Å². The monoisotopic (exact) mass is 444 g/mol. The van der Waals surface area contributed by atoms with Crippen LogP contribution in [0.25, 0.3) is 0 Å². The largest absolute Gasteiger partial charge is 0.454 e. The van der Waals surface area contributed by atoms with E-state index in [1.807, 2.05) is 36.3 Å². The van der Waals surface area contributed by atoms with E-state index in [0.717, 1.165) is 23.1 Å². The maximum absolute atomic E-state index is 12.8. The molecule has 28 heavy (non-hydrogen) atoms. The van der Waals surface area contributed by atoms with Gasteiger partial charge in [-0.3, -0.25) is 9.48 Å². The van der Waals surface area contributed by atoms with Crippen molar-refractivity contribution in [2.45, 2.75) is 25.4 Å². The van der Waals surface area contributed by atoms with Gasteiger partial charge in [0.05, 0.1) is 17.2 Å². The van der Waals surface area contributed by atoms with Crippen LogP contribution in [0.3, 0.4) is 0 Å². The fourth-order valence-corrected chi connectivity index (χ4v) is 3.77. The molecule has 0 radical (unpaired) electrons. The fraction of sp³-hybridized carbons (Fsp3) is 0.368. The van der Waals surface area contributed by atoms with Crippen LogP contribution >= 0.6 is 15.9 Å². The van der Waals surface area contributed by atoms with Crippen LogP contribution in [0.5, 0.6) is 0 Å². The molecule has 1 amide bonds. The van der Waals surface area contributed by atoms with Crippen molar-refractivity contribution in [2.75, 3.05) is 25.0 Å². The Morgan fingerprint density at radius 1 is 1.32 bits per heavy atom. The Labute approximate surface area is 171 Å². The first kappa shape index (κ1) is 18.7. The van der Waals surface area contributed by atoms with Crippen LogP contribution < -0.4 is 4.90 Å². The summed E-state index contributed by atoms with van der Waals surface area (Å²) in [6.45, 7) is 1.87. The van der Waals surface area contributed by atoms with E-state index >= 15 is 0 Å². The number of likely N-dealkylation sites (tertiary alicyclic amines) is 1. The van der Waals surface area contributed by atoms with Gasteiger partial charge in [-0.1, -0.05) is 0 Å². The lowest BCUT2D eigenvalue weighted by atomic mass is 10.0. The molecule has 1 aliphatic rings. The van der Waals surface area contributed by atoms with Crippen LogP contribution in [-0.4, -0.2) is 57.0 Å². The maximum Gasteiger partial charge on any atom is 0.289 e. The van der Waals surface area contributed by atoms with E-state index in [1.54, 1.807) is 23.1 Å². The van der Waals surface area contributed by atoms with Crippen molar-refractivity contribution >= 4 is 27.7 Å². The van der Waals surface area contributed by atoms with E-state index in [-0.39, 0.29) is 5.91 Å². The zero-order valence-corrected chi connectivity index (χ0v) is 17.1. The summed E-state index contributed by atoms with van der Waals surface area (Å²) < 4.78 is 8.42. The number of hydrogen-bond donors (Lipinski definition) is 0. The molecule has 4 rings (SSSR count). The van der Waals surface area contributed by atoms with Gasteiger partial charge in [0, 0.05) is 38.6 Å². The molecule has 0 saturated carbocycles. The lowest BCUT2D eigenvalue weighted by Gasteiger charge is -2.36. The minimum atomic E-state index is -0.0616. The quantitative estimate of drug-likeness (QED) is 0.601. The second kappa shape index (κ2) is 8.14. The van der Waals surface area contributed by atoms with Crippen LogP contribution in [0.4, 0.5) is 5.82 Å². The Morgan fingerprint density at radius 3 is 2.82 bits per heavy atom. The Morgan fingerprint density at radius 2 is 2.14 bits per heavy atom. The van der Waals surface area contributed by atoms with Crippen LogP contribution in [0.1, 0.15) is 29.2 Å². The average molecular weight is 445 g/mol. The normalized spacial score (nSPS) is 15.0. The van der Waals surface area contributed by atoms with Gasteiger partial charge in [-0.15, -0.1) is 5.10 Å². The molecule has 9 heteroatoms. The molecule has 1 saturated heterocycles. The highest BCUT2D eigenvalue weighted by atomic mass is 79.9. The molecule has 146 valence electrons. The summed E-state index contributed by atoms with van der Waals surface area (Å²) in [4.78, 5) is 16.8. The zero-order valence-electron chi connectivity index (χ0n) is 15.5. The number of nitrogens with zero attached hydrogens (tertiary/aromatic N) is 6. The molecule has 0 unspecified atom stereocenters. The lowest BCUT2D eigenvalue weighted by Crippen LogP contribution is -2.45. The highest BCUT2D eigenvalue weighted by molar-refractivity contribution is 9.10. The van der Waals surface area contributed by atoms with Crippen molar-refractivity contribution in [1.82, 2.24) is 24.9 Å². The van der Waals surface area contributed by atoms with Gasteiger partial charge in [-0.05, 0) is 53.0 Å². The third-order valence-electron chi connectivity index (χ3n) is 5.01. The molecule has 3 aromatic rings. The number of piperidine rings is 1. The molecule has 0 spiro atoms. The topological polar surface area (TPSA) is 80.3 Å². The summed E-state index contributed by atoms with van der Waals surface area (Å²) in [6.07, 6.45) is 7.02. The number of aromatic nitrogens is 4. The van der Waals surface area contributed by atoms with E-state index in [4.69, 9.17) is 4.42 Å². The average Bonchev–Trinajstić information content (AvgIpc) is 3.37. The van der Waals surface area contributed by atoms with Crippen LogP contribution in [0, 0.1) is 0 Å². The van der Waals surface area contributed by atoms with E-state index < -0.39 is 0 Å². The Hall–Kier alpha value is -2.68. The van der Waals surface area contributed by atoms with E-state index in [0.29, 0.717) is 37.2 Å². The number of rotatable bonds is 5. The smallest absolute Gasteiger partial charge is 0.289 e. The lowest BCUT2D eigenvalue weighted by molar-refractivity contribution is 0.0679. The SMILES string of the molecule is CN(c1cccnn1)C1CCN(C(=O)c2ccc(Cn3cc(Br)cn3)o2)CC1. The predicted octanol–water partition coefficient (Wildman–Crippen LogP) is 2.82. The first-order valence-electron chi connectivity index (χ1n) is 9.16. The van der Waals surface area contributed by atoms with Crippen molar-refractivity contribution in [3.8, 4) is 0 Å². The molecular formula is C19H21BrN6O2. The van der Waals surface area contributed by atoms with Crippen molar-refractivity contribution in [1.29, 1.82) is 0 Å². The van der Waals surface area contributed by atoms with Crippen molar-refractivity contribution < 1.29 is 9.21 Å². The van der Waals surface area contributed by atoms with E-state index in [1.165, 1.54) is 0 Å². The van der Waals surface area contributed by atoms with Gasteiger partial charge in [0.2, 0.25) is 0 Å². The second-order valence-electron chi connectivity index (χ2n) is 6.84. The molecular weight excluding hydrogens is 424 g/mol. The minimum absolute atomic E-state index is 0.0616. The molecule has 1 aliphatic heterocycles. The number of carbonyl (C=O) groups excluding carboxylic acids is 1. The summed E-state index contributed by atoms with van der Waals surface area (Å²) in [5, 5.41) is 12.3. The molecule has 0 N–H and O–H groups in total. The molecule has 1 fully saturated rings. The van der Waals surface area contributed by atoms with Gasteiger partial charge in [-0.25, -0.2) is 0 Å². The van der Waals surface area contributed by atoms with Gasteiger partial charge in [-0.2, -0.15) is 10.2 Å². The summed E-state index contributed by atoms with van der Waals surface area (Å²) in [5.74, 6) is 1.87. The standard InChI is InChI=1S/C19H21BrN6O2/c1-24(18-3-2-8-21-23-18)15-6-9-25(10-7-15)19(27)17-5-4-16(28-17)13-26-12-14(20)11-22-26/h2-5,8,11-12,15H,6-7,9-10,13H2,1H3. The summed E-state index contributed by atoms with van der Waals surface area (Å²) >= 11 is 3.37. The Kier molecular flexibility index (Phi) is 5.43. The molecule has 0 atom stereocenters. The Balaban J connectivity index is 1.34. The van der Waals surface area contributed by atoms with Gasteiger partial charge >= 0.3 is 0 Å². The van der Waals surface area contributed by atoms with Gasteiger partial charge in [0.25, 0.3) is 5.91 Å². The first-order chi connectivity index (χ1) is 13.6. The zero-order chi connectivity index (χ0) is 19.5. The molecule has 0 aromatic carbocycles.